The number of piperidine rings is 1. The number of hydrogen-bond acceptors (Lipinski definition) is 5. The van der Waals surface area contributed by atoms with E-state index < -0.39 is 33.6 Å². The van der Waals surface area contributed by atoms with Crippen molar-refractivity contribution >= 4 is 32.9 Å². The topological polar surface area (TPSA) is 113 Å². The number of para-hydroxylation sites is 2. The van der Waals surface area contributed by atoms with Gasteiger partial charge < -0.3 is 4.57 Å². The van der Waals surface area contributed by atoms with E-state index in [-0.39, 0.29) is 24.4 Å². The number of carbonyl (C=O) groups is 2. The van der Waals surface area contributed by atoms with Crippen molar-refractivity contribution in [1.82, 2.24) is 24.7 Å². The number of carbonyl (C=O) groups excluding carboxylic acids is 2. The van der Waals surface area contributed by atoms with Crippen LogP contribution in [0.15, 0.2) is 53.4 Å². The Morgan fingerprint density at radius 1 is 1.12 bits per heavy atom. The Labute approximate surface area is 190 Å². The van der Waals surface area contributed by atoms with Gasteiger partial charge >= 0.3 is 0 Å². The number of hydrazine groups is 1. The second kappa shape index (κ2) is 9.28. The molecule has 33 heavy (non-hydrogen) atoms. The summed E-state index contributed by atoms with van der Waals surface area (Å²) >= 11 is 0. The molecule has 0 aliphatic carbocycles. The minimum atomic E-state index is -3.85. The fourth-order valence-electron chi connectivity index (χ4n) is 3.91. The van der Waals surface area contributed by atoms with Crippen molar-refractivity contribution in [3.63, 3.8) is 0 Å². The first-order chi connectivity index (χ1) is 15.8. The molecule has 0 spiro atoms. The van der Waals surface area contributed by atoms with Gasteiger partial charge in [-0.25, -0.2) is 17.8 Å². The molecule has 2 aromatic carbocycles. The number of hydrogen-bond donors (Lipinski definition) is 2. The smallest absolute Gasteiger partial charge is 0.245 e. The quantitative estimate of drug-likeness (QED) is 0.546. The number of imidazole rings is 1. The number of nitrogens with zero attached hydrogens (tertiary/aromatic N) is 3. The number of rotatable bonds is 5. The molecule has 1 aliphatic rings. The lowest BCUT2D eigenvalue weighted by Crippen LogP contribution is -2.50. The molecule has 4 rings (SSSR count). The van der Waals surface area contributed by atoms with Crippen LogP contribution in [0.4, 0.5) is 4.39 Å². The van der Waals surface area contributed by atoms with Crippen LogP contribution in [-0.2, 0) is 33.1 Å². The van der Waals surface area contributed by atoms with E-state index in [2.05, 4.69) is 15.8 Å². The zero-order valence-electron chi connectivity index (χ0n) is 18.0. The van der Waals surface area contributed by atoms with E-state index in [4.69, 9.17) is 0 Å². The lowest BCUT2D eigenvalue weighted by Gasteiger charge is -2.31. The summed E-state index contributed by atoms with van der Waals surface area (Å²) in [4.78, 5) is 29.4. The van der Waals surface area contributed by atoms with Crippen molar-refractivity contribution in [2.75, 3.05) is 13.1 Å². The molecule has 0 saturated carbocycles. The molecule has 2 heterocycles. The van der Waals surface area contributed by atoms with E-state index in [0.29, 0.717) is 18.7 Å². The van der Waals surface area contributed by atoms with Crippen LogP contribution in [0.5, 0.6) is 0 Å². The molecule has 0 bridgehead atoms. The molecule has 9 nitrogen and oxygen atoms in total. The fourth-order valence-corrected chi connectivity index (χ4v) is 5.43. The fraction of sp³-hybridized carbons (Fsp3) is 0.318. The Morgan fingerprint density at radius 3 is 2.58 bits per heavy atom. The van der Waals surface area contributed by atoms with E-state index in [1.54, 1.807) is 0 Å². The van der Waals surface area contributed by atoms with Gasteiger partial charge in [-0.2, -0.15) is 4.31 Å². The number of fused-ring (bicyclic) bond motifs is 1. The molecular weight excluding hydrogens is 449 g/mol. The number of nitrogens with one attached hydrogen (secondary N) is 2. The largest absolute Gasteiger partial charge is 0.331 e. The van der Waals surface area contributed by atoms with Gasteiger partial charge in [-0.1, -0.05) is 12.1 Å². The third kappa shape index (κ3) is 4.88. The summed E-state index contributed by atoms with van der Waals surface area (Å²) in [6.45, 7) is 0.245. The van der Waals surface area contributed by atoms with Crippen LogP contribution in [0.3, 0.4) is 0 Å². The molecule has 3 aromatic rings. The number of benzene rings is 2. The van der Waals surface area contributed by atoms with E-state index in [0.717, 1.165) is 23.2 Å². The Balaban J connectivity index is 1.34. The van der Waals surface area contributed by atoms with Crippen molar-refractivity contribution in [2.45, 2.75) is 24.2 Å². The number of aryl methyl sites for hydroxylation is 1. The Kier molecular flexibility index (Phi) is 6.43. The Bertz CT molecular complexity index is 1290. The van der Waals surface area contributed by atoms with Crippen LogP contribution in [0, 0.1) is 11.7 Å². The highest BCUT2D eigenvalue weighted by Crippen LogP contribution is 2.24. The number of sulfonamides is 1. The number of aromatic nitrogens is 2. The van der Waals surface area contributed by atoms with E-state index in [1.165, 1.54) is 16.4 Å². The lowest BCUT2D eigenvalue weighted by atomic mass is 9.99. The minimum absolute atomic E-state index is 0.0217. The van der Waals surface area contributed by atoms with Gasteiger partial charge in [0.2, 0.25) is 21.8 Å². The van der Waals surface area contributed by atoms with Crippen molar-refractivity contribution in [3.8, 4) is 0 Å². The lowest BCUT2D eigenvalue weighted by molar-refractivity contribution is -0.131. The summed E-state index contributed by atoms with van der Waals surface area (Å²) in [5.41, 5.74) is 6.46. The third-order valence-corrected chi connectivity index (χ3v) is 7.61. The predicted molar refractivity (Wildman–Crippen MR) is 119 cm³/mol. The zero-order chi connectivity index (χ0) is 23.6. The van der Waals surface area contributed by atoms with Gasteiger partial charge in [0, 0.05) is 20.1 Å². The molecule has 1 fully saturated rings. The van der Waals surface area contributed by atoms with Gasteiger partial charge in [0.25, 0.3) is 0 Å². The SMILES string of the molecule is Cn1c(CC(=O)NNC(=O)[C@@H]2CCCN(S(=O)(=O)c3ccc(F)cc3)C2)nc2ccccc21. The highest BCUT2D eigenvalue weighted by Gasteiger charge is 2.33. The highest BCUT2D eigenvalue weighted by atomic mass is 32.2. The van der Waals surface area contributed by atoms with Crippen LogP contribution in [0.25, 0.3) is 11.0 Å². The van der Waals surface area contributed by atoms with Crippen molar-refractivity contribution in [2.24, 2.45) is 13.0 Å². The first-order valence-electron chi connectivity index (χ1n) is 10.5. The van der Waals surface area contributed by atoms with Gasteiger partial charge in [-0.05, 0) is 49.2 Å². The van der Waals surface area contributed by atoms with Gasteiger partial charge in [-0.3, -0.25) is 20.4 Å². The maximum absolute atomic E-state index is 13.1. The standard InChI is InChI=1S/C22H24FN5O4S/c1-27-19-7-3-2-6-18(19)24-20(27)13-21(29)25-26-22(30)15-5-4-12-28(14-15)33(31,32)17-10-8-16(23)9-11-17/h2-3,6-11,15H,4-5,12-14H2,1H3,(H,25,29)(H,26,30)/t15-/m1/s1. The average Bonchev–Trinajstić information content (AvgIpc) is 3.13. The van der Waals surface area contributed by atoms with E-state index in [1.807, 2.05) is 35.9 Å². The number of halogens is 1. The minimum Gasteiger partial charge on any atom is -0.331 e. The van der Waals surface area contributed by atoms with Crippen LogP contribution in [0.1, 0.15) is 18.7 Å². The second-order valence-corrected chi connectivity index (χ2v) is 9.88. The van der Waals surface area contributed by atoms with Crippen molar-refractivity contribution in [3.05, 3.63) is 60.2 Å². The van der Waals surface area contributed by atoms with E-state index in [9.17, 15) is 22.4 Å². The number of amides is 2. The zero-order valence-corrected chi connectivity index (χ0v) is 18.8. The molecule has 2 N–H and O–H groups in total. The van der Waals surface area contributed by atoms with Gasteiger partial charge in [-0.15, -0.1) is 0 Å². The van der Waals surface area contributed by atoms with E-state index >= 15 is 0 Å². The molecule has 2 amide bonds. The maximum atomic E-state index is 13.1. The molecule has 1 atom stereocenters. The maximum Gasteiger partial charge on any atom is 0.245 e. The second-order valence-electron chi connectivity index (χ2n) is 7.95. The summed E-state index contributed by atoms with van der Waals surface area (Å²) < 4.78 is 41.8. The predicted octanol–water partition coefficient (Wildman–Crippen LogP) is 1.50. The van der Waals surface area contributed by atoms with Crippen molar-refractivity contribution in [1.29, 1.82) is 0 Å². The van der Waals surface area contributed by atoms with Gasteiger partial charge in [0.05, 0.1) is 28.3 Å². The molecule has 1 aromatic heterocycles. The summed E-state index contributed by atoms with van der Waals surface area (Å²) in [5.74, 6) is -1.50. The van der Waals surface area contributed by atoms with Gasteiger partial charge in [0.1, 0.15) is 11.6 Å². The first kappa shape index (κ1) is 22.9. The molecule has 1 aliphatic heterocycles. The van der Waals surface area contributed by atoms with Crippen LogP contribution < -0.4 is 10.9 Å². The van der Waals surface area contributed by atoms with Crippen molar-refractivity contribution < 1.29 is 22.4 Å². The highest BCUT2D eigenvalue weighted by molar-refractivity contribution is 7.89. The van der Waals surface area contributed by atoms with Crippen LogP contribution >= 0.6 is 0 Å². The molecule has 0 radical (unpaired) electrons. The molecule has 0 unspecified atom stereocenters. The average molecular weight is 474 g/mol. The summed E-state index contributed by atoms with van der Waals surface area (Å²) in [6.07, 6.45) is 0.954. The van der Waals surface area contributed by atoms with Crippen LogP contribution in [0.2, 0.25) is 0 Å². The summed E-state index contributed by atoms with van der Waals surface area (Å²) in [5, 5.41) is 0. The normalized spacial score (nSPS) is 17.1. The van der Waals surface area contributed by atoms with Gasteiger partial charge in [0.15, 0.2) is 0 Å². The summed E-state index contributed by atoms with van der Waals surface area (Å²) in [7, 11) is -2.03. The summed E-state index contributed by atoms with van der Waals surface area (Å²) in [6, 6.07) is 12.1. The first-order valence-corrected chi connectivity index (χ1v) is 11.9. The monoisotopic (exact) mass is 473 g/mol. The molecular formula is C22H24FN5O4S. The molecule has 1 saturated heterocycles. The molecule has 174 valence electrons. The van der Waals surface area contributed by atoms with Crippen LogP contribution in [-0.4, -0.2) is 47.2 Å². The Hall–Kier alpha value is -3.31. The Morgan fingerprint density at radius 2 is 1.85 bits per heavy atom. The third-order valence-electron chi connectivity index (χ3n) is 5.73. The molecule has 11 heteroatoms.